The van der Waals surface area contributed by atoms with Gasteiger partial charge in [-0.1, -0.05) is 53.5 Å². The number of amides is 1. The highest BCUT2D eigenvalue weighted by Gasteiger charge is 2.10. The van der Waals surface area contributed by atoms with Gasteiger partial charge in [0.15, 0.2) is 0 Å². The summed E-state index contributed by atoms with van der Waals surface area (Å²) in [6.45, 7) is 2.87. The third-order valence-electron chi connectivity index (χ3n) is 4.82. The van der Waals surface area contributed by atoms with Crippen LogP contribution in [0.4, 0.5) is 5.69 Å². The first-order valence-electron chi connectivity index (χ1n) is 10.0. The van der Waals surface area contributed by atoms with Crippen LogP contribution in [0.25, 0.3) is 0 Å². The number of rotatable bonds is 7. The maximum Gasteiger partial charge on any atom is 0.255 e. The zero-order chi connectivity index (χ0) is 22.5. The van der Waals surface area contributed by atoms with Gasteiger partial charge in [0, 0.05) is 16.8 Å². The minimum absolute atomic E-state index is 0.216. The number of carbonyl (C=O) groups excluding carboxylic acids is 1. The molecule has 162 valence electrons. The molecule has 5 nitrogen and oxygen atoms in total. The maximum atomic E-state index is 12.7. The van der Waals surface area contributed by atoms with E-state index in [2.05, 4.69) is 10.4 Å². The molecule has 1 N–H and O–H groups in total. The van der Waals surface area contributed by atoms with E-state index in [4.69, 9.17) is 27.9 Å². The van der Waals surface area contributed by atoms with Crippen LogP contribution in [-0.4, -0.2) is 15.7 Å². The minimum atomic E-state index is -0.216. The largest absolute Gasteiger partial charge is 0.487 e. The van der Waals surface area contributed by atoms with Crippen LogP contribution in [0.2, 0.25) is 10.0 Å². The molecular formula is C25H21Cl2N3O2. The molecule has 4 rings (SSSR count). The van der Waals surface area contributed by atoms with Gasteiger partial charge in [0.05, 0.1) is 23.5 Å². The maximum absolute atomic E-state index is 12.7. The van der Waals surface area contributed by atoms with Crippen molar-refractivity contribution in [3.8, 4) is 5.75 Å². The highest BCUT2D eigenvalue weighted by molar-refractivity contribution is 6.32. The number of carbonyl (C=O) groups is 1. The number of nitrogens with zero attached hydrogens (tertiary/aromatic N) is 2. The molecule has 4 aromatic rings. The zero-order valence-corrected chi connectivity index (χ0v) is 18.9. The SMILES string of the molecule is Cc1ccc(Cl)c(OCc2cccc(C(=O)Nc3cnn(Cc4ccc(Cl)cc4)c3)c2)c1. The molecule has 0 aliphatic heterocycles. The second-order valence-corrected chi connectivity index (χ2v) is 8.27. The Morgan fingerprint density at radius 3 is 2.66 bits per heavy atom. The highest BCUT2D eigenvalue weighted by Crippen LogP contribution is 2.26. The molecule has 3 aromatic carbocycles. The van der Waals surface area contributed by atoms with Gasteiger partial charge in [-0.05, 0) is 60.0 Å². The van der Waals surface area contributed by atoms with E-state index in [1.807, 2.05) is 61.5 Å². The first-order valence-corrected chi connectivity index (χ1v) is 10.8. The van der Waals surface area contributed by atoms with Crippen LogP contribution < -0.4 is 10.1 Å². The number of halogens is 2. The molecule has 0 radical (unpaired) electrons. The molecule has 32 heavy (non-hydrogen) atoms. The van der Waals surface area contributed by atoms with Crippen LogP contribution in [0.5, 0.6) is 5.75 Å². The molecule has 0 aliphatic rings. The fourth-order valence-electron chi connectivity index (χ4n) is 3.18. The van der Waals surface area contributed by atoms with Gasteiger partial charge < -0.3 is 10.1 Å². The summed E-state index contributed by atoms with van der Waals surface area (Å²) in [4.78, 5) is 12.7. The number of hydrogen-bond acceptors (Lipinski definition) is 3. The Balaban J connectivity index is 1.38. The van der Waals surface area contributed by atoms with Crippen molar-refractivity contribution in [3.05, 3.63) is 111 Å². The summed E-state index contributed by atoms with van der Waals surface area (Å²) in [6.07, 6.45) is 3.42. The van der Waals surface area contributed by atoms with Crippen LogP contribution >= 0.6 is 23.2 Å². The summed E-state index contributed by atoms with van der Waals surface area (Å²) in [7, 11) is 0. The molecule has 0 fully saturated rings. The van der Waals surface area contributed by atoms with Crippen molar-refractivity contribution < 1.29 is 9.53 Å². The predicted octanol–water partition coefficient (Wildman–Crippen LogP) is 6.38. The summed E-state index contributed by atoms with van der Waals surface area (Å²) in [6, 6.07) is 20.5. The Morgan fingerprint density at radius 2 is 1.84 bits per heavy atom. The van der Waals surface area contributed by atoms with Crippen molar-refractivity contribution in [2.24, 2.45) is 0 Å². The van der Waals surface area contributed by atoms with Gasteiger partial charge in [0.25, 0.3) is 5.91 Å². The quantitative estimate of drug-likeness (QED) is 0.344. The lowest BCUT2D eigenvalue weighted by Gasteiger charge is -2.10. The Kier molecular flexibility index (Phi) is 6.78. The molecule has 0 unspecified atom stereocenters. The van der Waals surface area contributed by atoms with Gasteiger partial charge in [-0.15, -0.1) is 0 Å². The monoisotopic (exact) mass is 465 g/mol. The average Bonchev–Trinajstić information content (AvgIpc) is 3.23. The summed E-state index contributed by atoms with van der Waals surface area (Å²) in [5.41, 5.74) is 4.16. The number of benzene rings is 3. The smallest absolute Gasteiger partial charge is 0.255 e. The van der Waals surface area contributed by atoms with Crippen LogP contribution in [0.15, 0.2) is 79.1 Å². The van der Waals surface area contributed by atoms with E-state index in [0.29, 0.717) is 40.2 Å². The number of nitrogens with one attached hydrogen (secondary N) is 1. The van der Waals surface area contributed by atoms with Crippen molar-refractivity contribution in [3.63, 3.8) is 0 Å². The molecule has 0 bridgehead atoms. The fraction of sp³-hybridized carbons (Fsp3) is 0.120. The Hall–Kier alpha value is -3.28. The average molecular weight is 466 g/mol. The van der Waals surface area contributed by atoms with E-state index in [9.17, 15) is 4.79 Å². The first-order chi connectivity index (χ1) is 15.5. The number of anilines is 1. The summed E-state index contributed by atoms with van der Waals surface area (Å²) in [5.74, 6) is 0.404. The number of aryl methyl sites for hydroxylation is 1. The first kappa shape index (κ1) is 21.9. The summed E-state index contributed by atoms with van der Waals surface area (Å²) in [5, 5.41) is 8.45. The lowest BCUT2D eigenvalue weighted by molar-refractivity contribution is 0.102. The third-order valence-corrected chi connectivity index (χ3v) is 5.38. The third kappa shape index (κ3) is 5.69. The van der Waals surface area contributed by atoms with E-state index < -0.39 is 0 Å². The summed E-state index contributed by atoms with van der Waals surface area (Å²) >= 11 is 12.1. The molecule has 0 aliphatic carbocycles. The molecule has 1 heterocycles. The Morgan fingerprint density at radius 1 is 1.03 bits per heavy atom. The van der Waals surface area contributed by atoms with Gasteiger partial charge >= 0.3 is 0 Å². The zero-order valence-electron chi connectivity index (χ0n) is 17.4. The van der Waals surface area contributed by atoms with Gasteiger partial charge in [-0.25, -0.2) is 0 Å². The molecule has 1 amide bonds. The molecule has 0 spiro atoms. The van der Waals surface area contributed by atoms with Crippen molar-refractivity contribution in [2.45, 2.75) is 20.1 Å². The molecular weight excluding hydrogens is 445 g/mol. The van der Waals surface area contributed by atoms with Crippen LogP contribution in [0, 0.1) is 6.92 Å². The number of ether oxygens (including phenoxy) is 1. The van der Waals surface area contributed by atoms with Crippen LogP contribution in [0.3, 0.4) is 0 Å². The Bertz CT molecular complexity index is 1240. The topological polar surface area (TPSA) is 56.1 Å². The van der Waals surface area contributed by atoms with E-state index in [0.717, 1.165) is 16.7 Å². The minimum Gasteiger partial charge on any atom is -0.487 e. The molecule has 7 heteroatoms. The van der Waals surface area contributed by atoms with E-state index >= 15 is 0 Å². The molecule has 0 saturated carbocycles. The van der Waals surface area contributed by atoms with Gasteiger partial charge in [-0.2, -0.15) is 5.10 Å². The predicted molar refractivity (Wildman–Crippen MR) is 128 cm³/mol. The van der Waals surface area contributed by atoms with Gasteiger partial charge in [-0.3, -0.25) is 9.48 Å². The number of hydrogen-bond donors (Lipinski definition) is 1. The highest BCUT2D eigenvalue weighted by atomic mass is 35.5. The number of aromatic nitrogens is 2. The van der Waals surface area contributed by atoms with E-state index in [-0.39, 0.29) is 5.91 Å². The normalized spacial score (nSPS) is 10.7. The second-order valence-electron chi connectivity index (χ2n) is 7.43. The van der Waals surface area contributed by atoms with Crippen molar-refractivity contribution >= 4 is 34.8 Å². The van der Waals surface area contributed by atoms with Gasteiger partial charge in [0.1, 0.15) is 12.4 Å². The van der Waals surface area contributed by atoms with Crippen LogP contribution in [-0.2, 0) is 13.2 Å². The summed E-state index contributed by atoms with van der Waals surface area (Å²) < 4.78 is 7.60. The molecule has 1 aromatic heterocycles. The van der Waals surface area contributed by atoms with E-state index in [1.54, 1.807) is 29.2 Å². The molecule has 0 atom stereocenters. The Labute approximate surface area is 196 Å². The van der Waals surface area contributed by atoms with Crippen molar-refractivity contribution in [1.29, 1.82) is 0 Å². The van der Waals surface area contributed by atoms with Crippen molar-refractivity contribution in [1.82, 2.24) is 9.78 Å². The molecule has 0 saturated heterocycles. The van der Waals surface area contributed by atoms with Gasteiger partial charge in [0.2, 0.25) is 0 Å². The van der Waals surface area contributed by atoms with E-state index in [1.165, 1.54) is 0 Å². The second kappa shape index (κ2) is 9.90. The lowest BCUT2D eigenvalue weighted by atomic mass is 10.1. The fourth-order valence-corrected chi connectivity index (χ4v) is 3.48. The standard InChI is InChI=1S/C25H21Cl2N3O2/c1-17-5-10-23(27)24(11-17)32-16-19-3-2-4-20(12-19)25(31)29-22-13-28-30(15-22)14-18-6-8-21(26)9-7-18/h2-13,15H,14,16H2,1H3,(H,29,31). The van der Waals surface area contributed by atoms with Crippen molar-refractivity contribution in [2.75, 3.05) is 5.32 Å². The van der Waals surface area contributed by atoms with Crippen LogP contribution in [0.1, 0.15) is 27.0 Å². The lowest BCUT2D eigenvalue weighted by Crippen LogP contribution is -2.12.